The lowest BCUT2D eigenvalue weighted by Crippen LogP contribution is -2.00. The summed E-state index contributed by atoms with van der Waals surface area (Å²) in [6.45, 7) is 4.13. The smallest absolute Gasteiger partial charge is 0.203 e. The minimum absolute atomic E-state index is 0.521. The number of aromatic nitrogens is 2. The molecule has 26 heavy (non-hydrogen) atoms. The van der Waals surface area contributed by atoms with E-state index in [9.17, 15) is 0 Å². The van der Waals surface area contributed by atoms with Crippen LogP contribution in [0, 0.1) is 13.8 Å². The summed E-state index contributed by atoms with van der Waals surface area (Å²) in [5, 5.41) is 5.31. The second kappa shape index (κ2) is 7.57. The van der Waals surface area contributed by atoms with Crippen LogP contribution < -0.4 is 19.6 Å². The molecule has 3 rings (SSSR count). The van der Waals surface area contributed by atoms with Gasteiger partial charge in [-0.15, -0.1) is 11.3 Å². The quantitative estimate of drug-likeness (QED) is 0.524. The first kappa shape index (κ1) is 17.9. The van der Waals surface area contributed by atoms with Gasteiger partial charge in [0.15, 0.2) is 17.3 Å². The topological polar surface area (TPSA) is 77.9 Å². The molecule has 0 radical (unpaired) electrons. The summed E-state index contributed by atoms with van der Waals surface area (Å²) in [5.74, 6) is 2.34. The van der Waals surface area contributed by atoms with Gasteiger partial charge in [0, 0.05) is 10.4 Å². The van der Waals surface area contributed by atoms with Gasteiger partial charge in [0.25, 0.3) is 0 Å². The van der Waals surface area contributed by atoms with Crippen LogP contribution in [0.15, 0.2) is 23.6 Å². The molecular formula is C18H20N4O3S. The normalized spacial score (nSPS) is 11.1. The molecule has 2 heterocycles. The van der Waals surface area contributed by atoms with Gasteiger partial charge in [0.05, 0.1) is 32.9 Å². The van der Waals surface area contributed by atoms with Gasteiger partial charge < -0.3 is 14.2 Å². The standard InChI is InChI=1S/C18H20N4O3S/c1-10-11(2)26-18-14(10)17(19-9-20-18)22-21-8-12-6-7-13(23-3)16(25-5)15(12)24-4/h6-9H,1-5H3,(H,19,20,22). The molecule has 0 unspecified atom stereocenters. The van der Waals surface area contributed by atoms with E-state index in [0.717, 1.165) is 21.3 Å². The van der Waals surface area contributed by atoms with Crippen molar-refractivity contribution in [2.75, 3.05) is 26.8 Å². The monoisotopic (exact) mass is 372 g/mol. The maximum absolute atomic E-state index is 5.46. The Hall–Kier alpha value is -2.87. The van der Waals surface area contributed by atoms with Crippen LogP contribution in [0.4, 0.5) is 5.82 Å². The Morgan fingerprint density at radius 1 is 1.04 bits per heavy atom. The van der Waals surface area contributed by atoms with Gasteiger partial charge in [-0.2, -0.15) is 5.10 Å². The first-order valence-corrected chi connectivity index (χ1v) is 8.71. The molecule has 0 bridgehead atoms. The van der Waals surface area contributed by atoms with Crippen molar-refractivity contribution in [1.29, 1.82) is 0 Å². The number of hydrogen-bond donors (Lipinski definition) is 1. The van der Waals surface area contributed by atoms with E-state index >= 15 is 0 Å². The number of anilines is 1. The number of methoxy groups -OCH3 is 3. The van der Waals surface area contributed by atoms with Crippen molar-refractivity contribution in [3.63, 3.8) is 0 Å². The summed E-state index contributed by atoms with van der Waals surface area (Å²) >= 11 is 1.64. The highest BCUT2D eigenvalue weighted by Gasteiger charge is 2.15. The number of fused-ring (bicyclic) bond motifs is 1. The van der Waals surface area contributed by atoms with Crippen molar-refractivity contribution in [2.24, 2.45) is 5.10 Å². The van der Waals surface area contributed by atoms with Gasteiger partial charge in [-0.05, 0) is 31.5 Å². The van der Waals surface area contributed by atoms with Gasteiger partial charge in [0.2, 0.25) is 5.75 Å². The number of aryl methyl sites for hydroxylation is 2. The van der Waals surface area contributed by atoms with Gasteiger partial charge in [-0.25, -0.2) is 9.97 Å². The zero-order valence-electron chi connectivity index (χ0n) is 15.3. The molecule has 0 amide bonds. The average Bonchev–Trinajstić information content (AvgIpc) is 2.95. The van der Waals surface area contributed by atoms with E-state index in [0.29, 0.717) is 23.1 Å². The van der Waals surface area contributed by atoms with Gasteiger partial charge in [0.1, 0.15) is 11.2 Å². The summed E-state index contributed by atoms with van der Waals surface area (Å²) < 4.78 is 16.1. The van der Waals surface area contributed by atoms with Crippen LogP contribution in [-0.2, 0) is 0 Å². The van der Waals surface area contributed by atoms with Crippen molar-refractivity contribution >= 4 is 33.6 Å². The Kier molecular flexibility index (Phi) is 5.22. The molecular weight excluding hydrogens is 352 g/mol. The molecule has 0 saturated heterocycles. The van der Waals surface area contributed by atoms with Gasteiger partial charge in [-0.1, -0.05) is 0 Å². The Bertz CT molecular complexity index is 969. The van der Waals surface area contributed by atoms with Crippen molar-refractivity contribution in [3.05, 3.63) is 34.5 Å². The fourth-order valence-electron chi connectivity index (χ4n) is 2.66. The molecule has 0 saturated carbocycles. The van der Waals surface area contributed by atoms with Crippen molar-refractivity contribution in [1.82, 2.24) is 9.97 Å². The summed E-state index contributed by atoms with van der Waals surface area (Å²) in [4.78, 5) is 10.8. The lowest BCUT2D eigenvalue weighted by molar-refractivity contribution is 0.324. The minimum Gasteiger partial charge on any atom is -0.493 e. The lowest BCUT2D eigenvalue weighted by atomic mass is 10.2. The highest BCUT2D eigenvalue weighted by Crippen LogP contribution is 2.39. The third-order valence-corrected chi connectivity index (χ3v) is 5.19. The third kappa shape index (κ3) is 3.15. The molecule has 1 aromatic carbocycles. The molecule has 0 aliphatic heterocycles. The highest BCUT2D eigenvalue weighted by molar-refractivity contribution is 7.18. The first-order valence-electron chi connectivity index (χ1n) is 7.89. The summed E-state index contributed by atoms with van der Waals surface area (Å²) in [7, 11) is 4.73. The van der Waals surface area contributed by atoms with E-state index in [1.54, 1.807) is 44.9 Å². The van der Waals surface area contributed by atoms with E-state index in [1.807, 2.05) is 6.07 Å². The second-order valence-electron chi connectivity index (χ2n) is 5.48. The fraction of sp³-hybridized carbons (Fsp3) is 0.278. The first-order chi connectivity index (χ1) is 12.6. The van der Waals surface area contributed by atoms with E-state index in [4.69, 9.17) is 14.2 Å². The van der Waals surface area contributed by atoms with Gasteiger partial charge in [-0.3, -0.25) is 5.43 Å². The average molecular weight is 372 g/mol. The number of benzene rings is 1. The zero-order valence-corrected chi connectivity index (χ0v) is 16.1. The fourth-order valence-corrected chi connectivity index (χ4v) is 3.65. The number of ether oxygens (including phenoxy) is 3. The number of nitrogens with zero attached hydrogens (tertiary/aromatic N) is 3. The predicted molar refractivity (Wildman–Crippen MR) is 104 cm³/mol. The van der Waals surface area contributed by atoms with Crippen LogP contribution in [0.1, 0.15) is 16.0 Å². The van der Waals surface area contributed by atoms with Crippen molar-refractivity contribution in [2.45, 2.75) is 13.8 Å². The van der Waals surface area contributed by atoms with E-state index in [2.05, 4.69) is 34.3 Å². The molecule has 8 heteroatoms. The Morgan fingerprint density at radius 3 is 2.50 bits per heavy atom. The van der Waals surface area contributed by atoms with Crippen LogP contribution in [0.3, 0.4) is 0 Å². The van der Waals surface area contributed by atoms with Crippen LogP contribution >= 0.6 is 11.3 Å². The third-order valence-electron chi connectivity index (χ3n) is 4.07. The SMILES string of the molecule is COc1ccc(C=NNc2ncnc3sc(C)c(C)c23)c(OC)c1OC. The zero-order chi connectivity index (χ0) is 18.7. The largest absolute Gasteiger partial charge is 0.493 e. The van der Waals surface area contributed by atoms with Crippen LogP contribution in [0.25, 0.3) is 10.2 Å². The molecule has 2 aromatic heterocycles. The van der Waals surface area contributed by atoms with E-state index in [-0.39, 0.29) is 0 Å². The number of rotatable bonds is 6. The Morgan fingerprint density at radius 2 is 1.81 bits per heavy atom. The molecule has 0 aliphatic carbocycles. The van der Waals surface area contributed by atoms with Crippen LogP contribution in [0.2, 0.25) is 0 Å². The Labute approximate surface area is 155 Å². The maximum Gasteiger partial charge on any atom is 0.203 e. The Balaban J connectivity index is 1.93. The number of thiophene rings is 1. The highest BCUT2D eigenvalue weighted by atomic mass is 32.1. The van der Waals surface area contributed by atoms with Crippen LogP contribution in [-0.4, -0.2) is 37.5 Å². The lowest BCUT2D eigenvalue weighted by Gasteiger charge is -2.13. The summed E-state index contributed by atoms with van der Waals surface area (Å²) in [6.07, 6.45) is 3.19. The molecule has 1 N–H and O–H groups in total. The molecule has 0 aliphatic rings. The second-order valence-corrected chi connectivity index (χ2v) is 6.68. The minimum atomic E-state index is 0.521. The van der Waals surface area contributed by atoms with Gasteiger partial charge >= 0.3 is 0 Å². The molecule has 0 fully saturated rings. The summed E-state index contributed by atoms with van der Waals surface area (Å²) in [6, 6.07) is 3.65. The number of nitrogens with one attached hydrogen (secondary N) is 1. The maximum atomic E-state index is 5.46. The van der Waals surface area contributed by atoms with Crippen molar-refractivity contribution in [3.8, 4) is 17.2 Å². The molecule has 136 valence electrons. The molecule has 3 aromatic rings. The number of hydrogen-bond acceptors (Lipinski definition) is 8. The van der Waals surface area contributed by atoms with E-state index in [1.165, 1.54) is 11.2 Å². The number of hydrazone groups is 1. The predicted octanol–water partition coefficient (Wildman–Crippen LogP) is 3.78. The van der Waals surface area contributed by atoms with E-state index < -0.39 is 0 Å². The van der Waals surface area contributed by atoms with Crippen molar-refractivity contribution < 1.29 is 14.2 Å². The molecule has 0 spiro atoms. The van der Waals surface area contributed by atoms with Crippen LogP contribution in [0.5, 0.6) is 17.2 Å². The molecule has 0 atom stereocenters. The molecule has 7 nitrogen and oxygen atoms in total. The summed E-state index contributed by atoms with van der Waals surface area (Å²) in [5.41, 5.74) is 4.92.